The number of halogens is 3. The highest BCUT2D eigenvalue weighted by molar-refractivity contribution is 9.10. The molecule has 1 aromatic carbocycles. The first kappa shape index (κ1) is 18.2. The van der Waals surface area contributed by atoms with Gasteiger partial charge < -0.3 is 5.32 Å². The Bertz CT molecular complexity index is 548. The van der Waals surface area contributed by atoms with Crippen LogP contribution in [0.25, 0.3) is 0 Å². The third-order valence-corrected chi connectivity index (χ3v) is 6.20. The standard InChI is InChI=1S/C12H16BrClN2O2S.ClH/c1-8-11(6-3-7-15-8)16-19(17,18)12-9(13)4-2-5-10(12)14;/h2,4-5,8,11,15-16H,3,6-7H2,1H3;1H. The van der Waals surface area contributed by atoms with Crippen LogP contribution in [-0.4, -0.2) is 27.0 Å². The second kappa shape index (κ2) is 7.42. The molecule has 1 saturated heterocycles. The lowest BCUT2D eigenvalue weighted by Crippen LogP contribution is -2.51. The number of benzene rings is 1. The molecule has 0 saturated carbocycles. The van der Waals surface area contributed by atoms with Gasteiger partial charge in [0.25, 0.3) is 0 Å². The third-order valence-electron chi connectivity index (χ3n) is 3.26. The van der Waals surface area contributed by atoms with E-state index in [1.807, 2.05) is 6.92 Å². The van der Waals surface area contributed by atoms with Crippen LogP contribution in [0, 0.1) is 0 Å². The van der Waals surface area contributed by atoms with Crippen LogP contribution >= 0.6 is 39.9 Å². The quantitative estimate of drug-likeness (QED) is 0.815. The van der Waals surface area contributed by atoms with Gasteiger partial charge in [0.2, 0.25) is 10.0 Å². The van der Waals surface area contributed by atoms with Crippen molar-refractivity contribution >= 4 is 50.0 Å². The maximum Gasteiger partial charge on any atom is 0.243 e. The number of rotatable bonds is 3. The summed E-state index contributed by atoms with van der Waals surface area (Å²) in [5.74, 6) is 0. The Morgan fingerprint density at radius 1 is 1.45 bits per heavy atom. The van der Waals surface area contributed by atoms with Gasteiger partial charge >= 0.3 is 0 Å². The van der Waals surface area contributed by atoms with E-state index in [9.17, 15) is 8.42 Å². The van der Waals surface area contributed by atoms with Crippen molar-refractivity contribution < 1.29 is 8.42 Å². The fourth-order valence-electron chi connectivity index (χ4n) is 2.20. The first-order valence-electron chi connectivity index (χ1n) is 6.11. The molecule has 4 nitrogen and oxygen atoms in total. The SMILES string of the molecule is CC1NCCCC1NS(=O)(=O)c1c(Cl)cccc1Br.Cl. The largest absolute Gasteiger partial charge is 0.313 e. The molecule has 1 aromatic rings. The number of hydrogen-bond donors (Lipinski definition) is 2. The van der Waals surface area contributed by atoms with Gasteiger partial charge in [-0.1, -0.05) is 17.7 Å². The monoisotopic (exact) mass is 402 g/mol. The Hall–Kier alpha value is 0.150. The van der Waals surface area contributed by atoms with Gasteiger partial charge in [-0.05, 0) is 54.4 Å². The van der Waals surface area contributed by atoms with Crippen LogP contribution in [0.4, 0.5) is 0 Å². The summed E-state index contributed by atoms with van der Waals surface area (Å²) in [7, 11) is -3.62. The summed E-state index contributed by atoms with van der Waals surface area (Å²) >= 11 is 9.25. The molecule has 114 valence electrons. The van der Waals surface area contributed by atoms with Crippen LogP contribution in [-0.2, 0) is 10.0 Å². The van der Waals surface area contributed by atoms with Gasteiger partial charge in [-0.3, -0.25) is 0 Å². The summed E-state index contributed by atoms with van der Waals surface area (Å²) in [5.41, 5.74) is 0. The fourth-order valence-corrected chi connectivity index (χ4v) is 5.29. The lowest BCUT2D eigenvalue weighted by Gasteiger charge is -2.30. The lowest BCUT2D eigenvalue weighted by molar-refractivity contribution is 0.349. The predicted molar refractivity (Wildman–Crippen MR) is 87.2 cm³/mol. The molecule has 2 unspecified atom stereocenters. The Balaban J connectivity index is 0.00000200. The Kier molecular flexibility index (Phi) is 6.76. The number of nitrogens with one attached hydrogen (secondary N) is 2. The minimum absolute atomic E-state index is 0. The predicted octanol–water partition coefficient (Wildman–Crippen LogP) is 2.94. The van der Waals surface area contributed by atoms with Gasteiger partial charge in [-0.2, -0.15) is 0 Å². The van der Waals surface area contributed by atoms with Crippen molar-refractivity contribution in [1.82, 2.24) is 10.0 Å². The molecular weight excluding hydrogens is 387 g/mol. The van der Waals surface area contributed by atoms with Crippen LogP contribution in [0.2, 0.25) is 5.02 Å². The molecule has 0 amide bonds. The van der Waals surface area contributed by atoms with Gasteiger partial charge in [0, 0.05) is 16.6 Å². The molecular formula is C12H17BrCl2N2O2S. The zero-order valence-electron chi connectivity index (χ0n) is 10.9. The molecule has 0 bridgehead atoms. The van der Waals surface area contributed by atoms with E-state index < -0.39 is 10.0 Å². The normalized spacial score (nSPS) is 23.1. The summed E-state index contributed by atoms with van der Waals surface area (Å²) in [4.78, 5) is 0.106. The van der Waals surface area contributed by atoms with Gasteiger partial charge in [-0.15, -0.1) is 12.4 Å². The summed E-state index contributed by atoms with van der Waals surface area (Å²) in [6, 6.07) is 4.95. The second-order valence-electron chi connectivity index (χ2n) is 4.66. The van der Waals surface area contributed by atoms with Gasteiger partial charge in [0.05, 0.1) is 5.02 Å². The molecule has 2 atom stereocenters. The fraction of sp³-hybridized carbons (Fsp3) is 0.500. The van der Waals surface area contributed by atoms with E-state index >= 15 is 0 Å². The third kappa shape index (κ3) is 4.08. The topological polar surface area (TPSA) is 58.2 Å². The highest BCUT2D eigenvalue weighted by Gasteiger charge is 2.28. The van der Waals surface area contributed by atoms with E-state index in [0.717, 1.165) is 19.4 Å². The van der Waals surface area contributed by atoms with Crippen molar-refractivity contribution in [3.63, 3.8) is 0 Å². The van der Waals surface area contributed by atoms with E-state index in [0.29, 0.717) is 4.47 Å². The molecule has 1 aliphatic rings. The van der Waals surface area contributed by atoms with E-state index in [-0.39, 0.29) is 34.4 Å². The molecule has 1 aliphatic heterocycles. The van der Waals surface area contributed by atoms with Crippen LogP contribution in [0.5, 0.6) is 0 Å². The van der Waals surface area contributed by atoms with Crippen molar-refractivity contribution in [2.24, 2.45) is 0 Å². The maximum absolute atomic E-state index is 12.4. The average molecular weight is 404 g/mol. The molecule has 0 radical (unpaired) electrons. The maximum atomic E-state index is 12.4. The Labute approximate surface area is 139 Å². The van der Waals surface area contributed by atoms with Crippen LogP contribution in [0.15, 0.2) is 27.6 Å². The van der Waals surface area contributed by atoms with Gasteiger partial charge in [-0.25, -0.2) is 13.1 Å². The molecule has 20 heavy (non-hydrogen) atoms. The van der Waals surface area contributed by atoms with Crippen molar-refractivity contribution in [3.8, 4) is 0 Å². The minimum atomic E-state index is -3.62. The minimum Gasteiger partial charge on any atom is -0.313 e. The van der Waals surface area contributed by atoms with E-state index in [2.05, 4.69) is 26.0 Å². The molecule has 0 spiro atoms. The highest BCUT2D eigenvalue weighted by Crippen LogP contribution is 2.29. The molecule has 8 heteroatoms. The Morgan fingerprint density at radius 3 is 2.75 bits per heavy atom. The smallest absolute Gasteiger partial charge is 0.243 e. The summed E-state index contributed by atoms with van der Waals surface area (Å²) < 4.78 is 28.1. The van der Waals surface area contributed by atoms with Crippen molar-refractivity contribution in [3.05, 3.63) is 27.7 Å². The van der Waals surface area contributed by atoms with Gasteiger partial charge in [0.1, 0.15) is 4.90 Å². The number of piperidine rings is 1. The molecule has 1 fully saturated rings. The summed E-state index contributed by atoms with van der Waals surface area (Å²) in [6.45, 7) is 2.91. The summed E-state index contributed by atoms with van der Waals surface area (Å²) in [6.07, 6.45) is 1.79. The molecule has 1 heterocycles. The van der Waals surface area contributed by atoms with Gasteiger partial charge in [0.15, 0.2) is 0 Å². The van der Waals surface area contributed by atoms with Crippen molar-refractivity contribution in [1.29, 1.82) is 0 Å². The second-order valence-corrected chi connectivity index (χ2v) is 7.58. The zero-order valence-corrected chi connectivity index (χ0v) is 14.9. The van der Waals surface area contributed by atoms with Crippen LogP contribution in [0.3, 0.4) is 0 Å². The first-order chi connectivity index (χ1) is 8.92. The Morgan fingerprint density at radius 2 is 2.15 bits per heavy atom. The number of sulfonamides is 1. The molecule has 2 rings (SSSR count). The molecule has 0 aromatic heterocycles. The van der Waals surface area contributed by atoms with E-state index in [4.69, 9.17) is 11.6 Å². The van der Waals surface area contributed by atoms with Crippen LogP contribution < -0.4 is 10.0 Å². The highest BCUT2D eigenvalue weighted by atomic mass is 79.9. The summed E-state index contributed by atoms with van der Waals surface area (Å²) in [5, 5.41) is 3.48. The molecule has 0 aliphatic carbocycles. The van der Waals surface area contributed by atoms with E-state index in [1.54, 1.807) is 18.2 Å². The first-order valence-corrected chi connectivity index (χ1v) is 8.77. The average Bonchev–Trinajstić information content (AvgIpc) is 2.31. The zero-order chi connectivity index (χ0) is 14.0. The van der Waals surface area contributed by atoms with Crippen LogP contribution in [0.1, 0.15) is 19.8 Å². The number of hydrogen-bond acceptors (Lipinski definition) is 3. The van der Waals surface area contributed by atoms with Crippen molar-refractivity contribution in [2.75, 3.05) is 6.54 Å². The molecule has 2 N–H and O–H groups in total. The van der Waals surface area contributed by atoms with E-state index in [1.165, 1.54) is 0 Å². The van der Waals surface area contributed by atoms with Crippen molar-refractivity contribution in [2.45, 2.75) is 36.7 Å². The lowest BCUT2D eigenvalue weighted by atomic mass is 10.0.